The van der Waals surface area contributed by atoms with Crippen LogP contribution in [0.3, 0.4) is 0 Å². The quantitative estimate of drug-likeness (QED) is 0.738. The molecule has 1 heterocycles. The number of halogens is 3. The minimum absolute atomic E-state index is 0.00634. The largest absolute Gasteiger partial charge is 0.464 e. The summed E-state index contributed by atoms with van der Waals surface area (Å²) in [5, 5.41) is 0.634. The first-order valence-electron chi connectivity index (χ1n) is 6.73. The molecule has 0 aliphatic rings. The summed E-state index contributed by atoms with van der Waals surface area (Å²) in [5.41, 5.74) is 3.92. The summed E-state index contributed by atoms with van der Waals surface area (Å²) < 4.78 is 41.7. The van der Waals surface area contributed by atoms with Crippen LogP contribution in [-0.2, 0) is 6.18 Å². The third-order valence-corrected chi connectivity index (χ3v) is 3.06. The summed E-state index contributed by atoms with van der Waals surface area (Å²) in [4.78, 5) is 21.7. The van der Waals surface area contributed by atoms with Crippen molar-refractivity contribution >= 4 is 16.9 Å². The topological polar surface area (TPSA) is 73.3 Å². The Kier molecular flexibility index (Phi) is 5.03. The Hall–Kier alpha value is -3.09. The Morgan fingerprint density at radius 1 is 0.958 bits per heavy atom. The second kappa shape index (κ2) is 6.99. The molecule has 4 nitrogen and oxygen atoms in total. The molecule has 7 heteroatoms. The third kappa shape index (κ3) is 4.01. The van der Waals surface area contributed by atoms with Gasteiger partial charge in [0.25, 0.3) is 0 Å². The highest BCUT2D eigenvalue weighted by Gasteiger charge is 2.34. The lowest BCUT2D eigenvalue weighted by atomic mass is 10.1. The molecule has 0 unspecified atom stereocenters. The van der Waals surface area contributed by atoms with Crippen LogP contribution in [0.5, 0.6) is 0 Å². The van der Waals surface area contributed by atoms with Crippen LogP contribution in [0.4, 0.5) is 13.2 Å². The van der Waals surface area contributed by atoms with Gasteiger partial charge in [-0.05, 0) is 24.3 Å². The number of para-hydroxylation sites is 1. The number of hydrogen-bond acceptors (Lipinski definition) is 3. The number of primary amides is 1. The summed E-state index contributed by atoms with van der Waals surface area (Å²) in [6.07, 6.45) is -3.13. The monoisotopic (exact) mass is 335 g/mol. The van der Waals surface area contributed by atoms with Gasteiger partial charge in [-0.15, -0.1) is 0 Å². The predicted octanol–water partition coefficient (Wildman–Crippen LogP) is 3.60. The molecule has 3 aromatic rings. The van der Waals surface area contributed by atoms with Gasteiger partial charge in [-0.25, -0.2) is 0 Å². The number of nitrogens with two attached hydrogens (primary N) is 1. The molecule has 0 bridgehead atoms. The van der Waals surface area contributed by atoms with E-state index < -0.39 is 23.2 Å². The number of benzene rings is 2. The second-order valence-electron chi connectivity index (χ2n) is 4.69. The summed E-state index contributed by atoms with van der Waals surface area (Å²) in [5.74, 6) is -1.08. The zero-order valence-corrected chi connectivity index (χ0v) is 12.2. The van der Waals surface area contributed by atoms with Crippen LogP contribution in [0.1, 0.15) is 15.9 Å². The first kappa shape index (κ1) is 17.3. The predicted molar refractivity (Wildman–Crippen MR) is 82.4 cm³/mol. The van der Waals surface area contributed by atoms with E-state index >= 15 is 0 Å². The Labute approximate surface area is 134 Å². The second-order valence-corrected chi connectivity index (χ2v) is 4.69. The van der Waals surface area contributed by atoms with Crippen molar-refractivity contribution in [3.8, 4) is 0 Å². The van der Waals surface area contributed by atoms with Crippen molar-refractivity contribution in [3.05, 3.63) is 82.2 Å². The summed E-state index contributed by atoms with van der Waals surface area (Å²) in [6.45, 7) is 0. The van der Waals surface area contributed by atoms with E-state index in [4.69, 9.17) is 10.2 Å². The molecule has 1 amide bonds. The Morgan fingerprint density at radius 3 is 2.17 bits per heavy atom. The fourth-order valence-corrected chi connectivity index (χ4v) is 1.98. The van der Waals surface area contributed by atoms with Crippen LogP contribution >= 0.6 is 0 Å². The molecule has 0 fully saturated rings. The van der Waals surface area contributed by atoms with Gasteiger partial charge in [0, 0.05) is 6.07 Å². The van der Waals surface area contributed by atoms with E-state index in [2.05, 4.69) is 0 Å². The fraction of sp³-hybridized carbons (Fsp3) is 0.0588. The van der Waals surface area contributed by atoms with E-state index in [0.29, 0.717) is 11.0 Å². The molecule has 0 atom stereocenters. The van der Waals surface area contributed by atoms with Gasteiger partial charge >= 0.3 is 6.18 Å². The molecule has 24 heavy (non-hydrogen) atoms. The van der Waals surface area contributed by atoms with Crippen molar-refractivity contribution in [2.24, 2.45) is 5.73 Å². The van der Waals surface area contributed by atoms with Gasteiger partial charge in [-0.2, -0.15) is 13.2 Å². The maximum Gasteiger partial charge on any atom is 0.417 e. The maximum atomic E-state index is 12.2. The zero-order valence-electron chi connectivity index (χ0n) is 12.2. The Balaban J connectivity index is 0.000000175. The van der Waals surface area contributed by atoms with E-state index in [1.54, 1.807) is 12.1 Å². The molecule has 0 radical (unpaired) electrons. The van der Waals surface area contributed by atoms with Gasteiger partial charge in [0.2, 0.25) is 5.91 Å². The van der Waals surface area contributed by atoms with Crippen molar-refractivity contribution in [2.75, 3.05) is 0 Å². The van der Waals surface area contributed by atoms with Crippen LogP contribution in [0.25, 0.3) is 11.0 Å². The van der Waals surface area contributed by atoms with Gasteiger partial charge in [-0.1, -0.05) is 24.3 Å². The SMILES string of the molecule is NC(=O)c1ccccc1C(F)(F)F.O=c1ccoc2ccccc12. The normalized spacial score (nSPS) is 10.8. The van der Waals surface area contributed by atoms with Gasteiger partial charge in [0.05, 0.1) is 22.8 Å². The molecule has 1 aromatic heterocycles. The fourth-order valence-electron chi connectivity index (χ4n) is 1.98. The van der Waals surface area contributed by atoms with E-state index in [0.717, 1.165) is 12.1 Å². The van der Waals surface area contributed by atoms with Crippen LogP contribution in [0.2, 0.25) is 0 Å². The lowest BCUT2D eigenvalue weighted by Gasteiger charge is -2.09. The van der Waals surface area contributed by atoms with Crippen molar-refractivity contribution in [2.45, 2.75) is 6.18 Å². The summed E-state index contributed by atoms with van der Waals surface area (Å²) in [6, 6.07) is 13.0. The molecule has 3 rings (SSSR count). The molecule has 0 aliphatic heterocycles. The van der Waals surface area contributed by atoms with Crippen molar-refractivity contribution < 1.29 is 22.4 Å². The van der Waals surface area contributed by atoms with E-state index in [-0.39, 0.29) is 5.43 Å². The van der Waals surface area contributed by atoms with Crippen molar-refractivity contribution in [1.29, 1.82) is 0 Å². The molecule has 0 saturated carbocycles. The number of rotatable bonds is 1. The number of alkyl halides is 3. The Bertz CT molecular complexity index is 911. The van der Waals surface area contributed by atoms with Crippen molar-refractivity contribution in [3.63, 3.8) is 0 Å². The standard InChI is InChI=1S/C9H6O2.C8H6F3NO/c10-8-5-6-11-9-4-2-1-3-7(8)9;9-8(10,11)6-4-2-1-3-5(6)7(12)13/h1-6H;1-4H,(H2,12,13). The average molecular weight is 335 g/mol. The molecule has 0 saturated heterocycles. The first-order chi connectivity index (χ1) is 11.3. The molecule has 2 N–H and O–H groups in total. The highest BCUT2D eigenvalue weighted by Crippen LogP contribution is 2.31. The minimum atomic E-state index is -4.54. The molecule has 124 valence electrons. The smallest absolute Gasteiger partial charge is 0.417 e. The number of carbonyl (C=O) groups is 1. The van der Waals surface area contributed by atoms with Gasteiger partial charge in [0.15, 0.2) is 5.43 Å². The summed E-state index contributed by atoms with van der Waals surface area (Å²) >= 11 is 0. The van der Waals surface area contributed by atoms with E-state index in [9.17, 15) is 22.8 Å². The summed E-state index contributed by atoms with van der Waals surface area (Å²) in [7, 11) is 0. The molecular formula is C17H12F3NO3. The van der Waals surface area contributed by atoms with Gasteiger partial charge < -0.3 is 10.2 Å². The Morgan fingerprint density at radius 2 is 1.58 bits per heavy atom. The third-order valence-electron chi connectivity index (χ3n) is 3.06. The molecule has 0 spiro atoms. The van der Waals surface area contributed by atoms with Gasteiger partial charge in [-0.3, -0.25) is 9.59 Å². The maximum absolute atomic E-state index is 12.2. The average Bonchev–Trinajstić information content (AvgIpc) is 2.55. The zero-order chi connectivity index (χ0) is 17.7. The number of fused-ring (bicyclic) bond motifs is 1. The molecular weight excluding hydrogens is 323 g/mol. The highest BCUT2D eigenvalue weighted by molar-refractivity contribution is 5.94. The number of amides is 1. The van der Waals surface area contributed by atoms with Crippen LogP contribution in [0.15, 0.2) is 70.1 Å². The van der Waals surface area contributed by atoms with E-state index in [1.807, 2.05) is 12.1 Å². The van der Waals surface area contributed by atoms with Crippen LogP contribution in [0, 0.1) is 0 Å². The number of carbonyl (C=O) groups excluding carboxylic acids is 1. The molecule has 2 aromatic carbocycles. The van der Waals surface area contributed by atoms with Crippen molar-refractivity contribution in [1.82, 2.24) is 0 Å². The highest BCUT2D eigenvalue weighted by atomic mass is 19.4. The molecule has 0 aliphatic carbocycles. The first-order valence-corrected chi connectivity index (χ1v) is 6.73. The van der Waals surface area contributed by atoms with Crippen LogP contribution in [-0.4, -0.2) is 5.91 Å². The lowest BCUT2D eigenvalue weighted by molar-refractivity contribution is -0.137. The van der Waals surface area contributed by atoms with Crippen LogP contribution < -0.4 is 11.2 Å². The van der Waals surface area contributed by atoms with E-state index in [1.165, 1.54) is 24.5 Å². The lowest BCUT2D eigenvalue weighted by Crippen LogP contribution is -2.18. The van der Waals surface area contributed by atoms with Gasteiger partial charge in [0.1, 0.15) is 5.58 Å². The number of hydrogen-bond donors (Lipinski definition) is 1. The minimum Gasteiger partial charge on any atom is -0.464 e.